The Morgan fingerprint density at radius 3 is 2.00 bits per heavy atom. The Hall–Kier alpha value is -3.52. The molecule has 2 unspecified atom stereocenters. The summed E-state index contributed by atoms with van der Waals surface area (Å²) in [6.45, 7) is 11.3. The maximum atomic E-state index is 13.7. The predicted octanol–water partition coefficient (Wildman–Crippen LogP) is 8.61. The highest BCUT2D eigenvalue weighted by Gasteiger charge is 2.35. The number of benzene rings is 3. The molecule has 2 atom stereocenters. The number of nitrogens with zero attached hydrogens (tertiary/aromatic N) is 5. The van der Waals surface area contributed by atoms with Crippen LogP contribution in [0.3, 0.4) is 0 Å². The first-order valence-corrected chi connectivity index (χ1v) is 18.6. The Morgan fingerprint density at radius 1 is 0.796 bits per heavy atom. The summed E-state index contributed by atoms with van der Waals surface area (Å²) in [4.78, 5) is 15.2. The molecule has 1 aliphatic carbocycles. The summed E-state index contributed by atoms with van der Waals surface area (Å²) < 4.78 is 20.7. The van der Waals surface area contributed by atoms with E-state index >= 15 is 0 Å². The first kappa shape index (κ1) is 35.3. The lowest BCUT2D eigenvalue weighted by molar-refractivity contribution is 0.112. The van der Waals surface area contributed by atoms with Gasteiger partial charge < -0.3 is 14.2 Å². The molecule has 262 valence electrons. The number of piperazine rings is 1. The number of rotatable bonds is 14. The highest BCUT2D eigenvalue weighted by atomic mass is 19.1. The normalized spacial score (nSPS) is 20.2. The fourth-order valence-electron chi connectivity index (χ4n) is 8.38. The van der Waals surface area contributed by atoms with Gasteiger partial charge in [0.1, 0.15) is 11.5 Å². The van der Waals surface area contributed by atoms with Crippen LogP contribution in [0.25, 0.3) is 0 Å². The molecule has 1 aliphatic heterocycles. The van der Waals surface area contributed by atoms with Crippen molar-refractivity contribution < 1.29 is 8.81 Å². The van der Waals surface area contributed by atoms with Crippen molar-refractivity contribution in [2.24, 2.45) is 11.8 Å². The summed E-state index contributed by atoms with van der Waals surface area (Å²) in [7, 11) is 4.32. The third-order valence-corrected chi connectivity index (χ3v) is 11.0. The largest absolute Gasteiger partial charge is 0.423 e. The zero-order chi connectivity index (χ0) is 34.2. The van der Waals surface area contributed by atoms with Crippen LogP contribution in [0, 0.1) is 17.7 Å². The van der Waals surface area contributed by atoms with E-state index in [2.05, 4.69) is 108 Å². The lowest BCUT2D eigenvalue weighted by Crippen LogP contribution is -2.46. The second-order valence-corrected chi connectivity index (χ2v) is 14.4. The van der Waals surface area contributed by atoms with Crippen LogP contribution in [0.15, 0.2) is 89.3 Å². The van der Waals surface area contributed by atoms with Crippen molar-refractivity contribution >= 4 is 5.88 Å². The zero-order valence-electron chi connectivity index (χ0n) is 30.1. The van der Waals surface area contributed by atoms with Gasteiger partial charge in [-0.25, -0.2) is 9.37 Å². The summed E-state index contributed by atoms with van der Waals surface area (Å²) >= 11 is 0. The van der Waals surface area contributed by atoms with Crippen molar-refractivity contribution in [1.29, 1.82) is 0 Å². The molecule has 7 heteroatoms. The Balaban J connectivity index is 1.18. The maximum Gasteiger partial charge on any atom is 0.220 e. The third kappa shape index (κ3) is 8.99. The van der Waals surface area contributed by atoms with Crippen molar-refractivity contribution in [3.05, 3.63) is 119 Å². The number of anilines is 1. The second-order valence-electron chi connectivity index (χ2n) is 14.4. The molecule has 6 nitrogen and oxygen atoms in total. The molecule has 0 radical (unpaired) electrons. The average Bonchev–Trinajstić information content (AvgIpc) is 3.54. The standard InChI is InChI=1S/C42H56FN5O/c1-5-47(6-2)39(30-33-17-19-35(20-18-33)40(45(3)4)36-21-23-37(43)24-22-36)41-44-38(29-32-13-9-7-10-14-32)42(49-41)48-27-25-46(26-28-48)31-34-15-11-8-12-16-34/h7-16,21-24,33,35,39-40H,5-6,17-20,25-31H2,1-4H3. The summed E-state index contributed by atoms with van der Waals surface area (Å²) in [5.74, 6) is 2.87. The van der Waals surface area contributed by atoms with Gasteiger partial charge in [0.15, 0.2) is 0 Å². The first-order chi connectivity index (χ1) is 23.9. The molecule has 2 aliphatic rings. The van der Waals surface area contributed by atoms with Crippen LogP contribution < -0.4 is 4.90 Å². The van der Waals surface area contributed by atoms with E-state index in [1.807, 2.05) is 12.1 Å². The van der Waals surface area contributed by atoms with E-state index in [0.29, 0.717) is 17.9 Å². The van der Waals surface area contributed by atoms with Gasteiger partial charge in [-0.15, -0.1) is 0 Å². The highest BCUT2D eigenvalue weighted by molar-refractivity contribution is 5.44. The van der Waals surface area contributed by atoms with E-state index in [9.17, 15) is 4.39 Å². The van der Waals surface area contributed by atoms with Gasteiger partial charge in [0, 0.05) is 45.2 Å². The predicted molar refractivity (Wildman–Crippen MR) is 198 cm³/mol. The lowest BCUT2D eigenvalue weighted by Gasteiger charge is -2.39. The molecule has 4 aromatic rings. The van der Waals surface area contributed by atoms with Gasteiger partial charge in [0.25, 0.3) is 0 Å². The van der Waals surface area contributed by atoms with E-state index in [1.165, 1.54) is 42.4 Å². The van der Waals surface area contributed by atoms with Crippen LogP contribution in [-0.2, 0) is 13.0 Å². The van der Waals surface area contributed by atoms with E-state index in [-0.39, 0.29) is 11.9 Å². The molecule has 0 N–H and O–H groups in total. The molecule has 0 amide bonds. The second kappa shape index (κ2) is 16.9. The quantitative estimate of drug-likeness (QED) is 0.134. The third-order valence-electron chi connectivity index (χ3n) is 11.0. The Morgan fingerprint density at radius 2 is 1.41 bits per heavy atom. The molecular formula is C42H56FN5O. The van der Waals surface area contributed by atoms with Crippen molar-refractivity contribution in [2.45, 2.75) is 71.0 Å². The minimum absolute atomic E-state index is 0.154. The smallest absolute Gasteiger partial charge is 0.220 e. The molecule has 0 spiro atoms. The van der Waals surface area contributed by atoms with Crippen LogP contribution in [0.2, 0.25) is 0 Å². The van der Waals surface area contributed by atoms with Crippen molar-refractivity contribution in [1.82, 2.24) is 19.7 Å². The van der Waals surface area contributed by atoms with E-state index in [0.717, 1.165) is 76.1 Å². The van der Waals surface area contributed by atoms with Crippen molar-refractivity contribution in [3.8, 4) is 0 Å². The number of oxazole rings is 1. The molecule has 6 rings (SSSR count). The molecule has 1 saturated carbocycles. The summed E-state index contributed by atoms with van der Waals surface area (Å²) in [5.41, 5.74) is 4.91. The van der Waals surface area contributed by atoms with Crippen molar-refractivity contribution in [3.63, 3.8) is 0 Å². The Labute approximate surface area is 293 Å². The van der Waals surface area contributed by atoms with Crippen LogP contribution >= 0.6 is 0 Å². The fourth-order valence-corrected chi connectivity index (χ4v) is 8.38. The van der Waals surface area contributed by atoms with Crippen LogP contribution in [0.4, 0.5) is 10.3 Å². The number of hydrogen-bond donors (Lipinski definition) is 0. The first-order valence-electron chi connectivity index (χ1n) is 18.6. The molecule has 3 aromatic carbocycles. The summed E-state index contributed by atoms with van der Waals surface area (Å²) in [6, 6.07) is 29.1. The van der Waals surface area contributed by atoms with E-state index < -0.39 is 0 Å². The number of aromatic nitrogens is 1. The Bertz CT molecular complexity index is 1540. The molecular weight excluding hydrogens is 609 g/mol. The molecule has 0 bridgehead atoms. The van der Waals surface area contributed by atoms with Gasteiger partial charge in [-0.2, -0.15) is 0 Å². The van der Waals surface area contributed by atoms with Gasteiger partial charge in [0.05, 0.1) is 6.04 Å². The Kier molecular flexibility index (Phi) is 12.2. The zero-order valence-corrected chi connectivity index (χ0v) is 30.1. The highest BCUT2D eigenvalue weighted by Crippen LogP contribution is 2.43. The van der Waals surface area contributed by atoms with Crippen LogP contribution in [0.5, 0.6) is 0 Å². The topological polar surface area (TPSA) is 39.0 Å². The van der Waals surface area contributed by atoms with E-state index in [1.54, 1.807) is 12.1 Å². The van der Waals surface area contributed by atoms with Gasteiger partial charge in [-0.1, -0.05) is 99.5 Å². The fraction of sp³-hybridized carbons (Fsp3) is 0.500. The molecule has 2 fully saturated rings. The lowest BCUT2D eigenvalue weighted by atomic mass is 9.74. The molecule has 2 heterocycles. The minimum atomic E-state index is -0.167. The SMILES string of the molecule is CCN(CC)C(CC1CCC(C(c2ccc(F)cc2)N(C)C)CC1)c1nc(Cc2ccccc2)c(N2CCN(Cc3ccccc3)CC2)o1. The average molecular weight is 666 g/mol. The minimum Gasteiger partial charge on any atom is -0.423 e. The van der Waals surface area contributed by atoms with Gasteiger partial charge >= 0.3 is 0 Å². The van der Waals surface area contributed by atoms with Gasteiger partial charge in [0.2, 0.25) is 11.8 Å². The molecule has 49 heavy (non-hydrogen) atoms. The summed E-state index contributed by atoms with van der Waals surface area (Å²) in [5, 5.41) is 0. The monoisotopic (exact) mass is 665 g/mol. The number of halogens is 1. The van der Waals surface area contributed by atoms with E-state index in [4.69, 9.17) is 9.40 Å². The maximum absolute atomic E-state index is 13.7. The van der Waals surface area contributed by atoms with Crippen molar-refractivity contribution in [2.75, 3.05) is 58.3 Å². The van der Waals surface area contributed by atoms with Crippen LogP contribution in [0.1, 0.15) is 86.3 Å². The van der Waals surface area contributed by atoms with Crippen LogP contribution in [-0.4, -0.2) is 73.0 Å². The van der Waals surface area contributed by atoms with Gasteiger partial charge in [-0.3, -0.25) is 9.80 Å². The van der Waals surface area contributed by atoms with Gasteiger partial charge in [-0.05, 0) is 87.1 Å². The summed E-state index contributed by atoms with van der Waals surface area (Å²) in [6.07, 6.45) is 6.59. The molecule has 1 saturated heterocycles. The molecule has 1 aromatic heterocycles. The number of hydrogen-bond acceptors (Lipinski definition) is 6.